The van der Waals surface area contributed by atoms with Crippen LogP contribution in [0.4, 0.5) is 0 Å². The lowest BCUT2D eigenvalue weighted by Gasteiger charge is -2.36. The molecule has 1 aliphatic carbocycles. The number of carbonyl (C=O) groups excluding carboxylic acids is 1. The highest BCUT2D eigenvalue weighted by molar-refractivity contribution is 7.98. The number of nitrogens with one attached hydrogen (secondary N) is 1. The second kappa shape index (κ2) is 8.84. The van der Waals surface area contributed by atoms with Gasteiger partial charge in [0.05, 0.1) is 6.04 Å². The van der Waals surface area contributed by atoms with Gasteiger partial charge in [-0.15, -0.1) is 11.8 Å². The van der Waals surface area contributed by atoms with E-state index in [0.717, 1.165) is 57.4 Å². The van der Waals surface area contributed by atoms with Gasteiger partial charge in [-0.2, -0.15) is 0 Å². The van der Waals surface area contributed by atoms with Crippen molar-refractivity contribution in [3.63, 3.8) is 0 Å². The summed E-state index contributed by atoms with van der Waals surface area (Å²) in [5.74, 6) is 1.15. The maximum absolute atomic E-state index is 13.0. The highest BCUT2D eigenvalue weighted by atomic mass is 32.2. The summed E-state index contributed by atoms with van der Waals surface area (Å²) in [6.07, 6.45) is 8.04. The molecule has 1 saturated carbocycles. The van der Waals surface area contributed by atoms with Gasteiger partial charge in [0.1, 0.15) is 11.9 Å². The molecule has 6 heteroatoms. The first-order valence-corrected chi connectivity index (χ1v) is 11.5. The Morgan fingerprint density at radius 1 is 1.11 bits per heavy atom. The minimum Gasteiger partial charge on any atom is -0.489 e. The normalized spacial score (nSPS) is 27.2. The quantitative estimate of drug-likeness (QED) is 0.785. The lowest BCUT2D eigenvalue weighted by atomic mass is 9.91. The fraction of sp³-hybridized carbons (Fsp3) is 0.667. The summed E-state index contributed by atoms with van der Waals surface area (Å²) in [6, 6.07) is 8.87. The van der Waals surface area contributed by atoms with E-state index in [1.165, 1.54) is 24.2 Å². The van der Waals surface area contributed by atoms with Gasteiger partial charge < -0.3 is 15.0 Å². The first kappa shape index (κ1) is 19.1. The Morgan fingerprint density at radius 3 is 2.63 bits per heavy atom. The molecule has 4 rings (SSSR count). The predicted octanol–water partition coefficient (Wildman–Crippen LogP) is 2.60. The van der Waals surface area contributed by atoms with Crippen molar-refractivity contribution in [2.45, 2.75) is 55.2 Å². The number of amides is 1. The van der Waals surface area contributed by atoms with Crippen molar-refractivity contribution in [1.82, 2.24) is 15.1 Å². The molecule has 0 spiro atoms. The summed E-state index contributed by atoms with van der Waals surface area (Å²) < 4.78 is 6.09. The Morgan fingerprint density at radius 2 is 1.93 bits per heavy atom. The number of thioether (sulfide) groups is 1. The second-order valence-corrected chi connectivity index (χ2v) is 8.79. The van der Waals surface area contributed by atoms with Crippen molar-refractivity contribution < 1.29 is 9.53 Å². The molecule has 2 saturated heterocycles. The zero-order valence-corrected chi connectivity index (χ0v) is 17.0. The maximum Gasteiger partial charge on any atom is 0.239 e. The third-order valence-corrected chi connectivity index (χ3v) is 6.93. The zero-order valence-electron chi connectivity index (χ0n) is 16.2. The van der Waals surface area contributed by atoms with Gasteiger partial charge in [0.25, 0.3) is 0 Å². The van der Waals surface area contributed by atoms with E-state index >= 15 is 0 Å². The molecule has 1 N–H and O–H groups in total. The topological polar surface area (TPSA) is 44.8 Å². The summed E-state index contributed by atoms with van der Waals surface area (Å²) >= 11 is 1.73. The van der Waals surface area contributed by atoms with Gasteiger partial charge in [-0.25, -0.2) is 0 Å². The lowest BCUT2D eigenvalue weighted by Crippen LogP contribution is -2.46. The number of carbonyl (C=O) groups is 1. The van der Waals surface area contributed by atoms with Crippen LogP contribution in [-0.2, 0) is 4.79 Å². The summed E-state index contributed by atoms with van der Waals surface area (Å²) in [6.45, 7) is 4.68. The molecule has 0 aromatic heterocycles. The van der Waals surface area contributed by atoms with Crippen molar-refractivity contribution in [1.29, 1.82) is 0 Å². The van der Waals surface area contributed by atoms with Crippen molar-refractivity contribution >= 4 is 17.7 Å². The molecular weight excluding hydrogens is 358 g/mol. The molecule has 0 bridgehead atoms. The fourth-order valence-electron chi connectivity index (χ4n) is 4.32. The number of ether oxygens (including phenoxy) is 1. The molecular formula is C21H31N3O2S. The van der Waals surface area contributed by atoms with Crippen LogP contribution in [0.15, 0.2) is 29.2 Å². The Balaban J connectivity index is 1.26. The van der Waals surface area contributed by atoms with E-state index < -0.39 is 0 Å². The van der Waals surface area contributed by atoms with E-state index in [9.17, 15) is 4.79 Å². The van der Waals surface area contributed by atoms with Gasteiger partial charge >= 0.3 is 0 Å². The SMILES string of the molecule is CSc1ccc(O[C@H]2CN[C@H](C(=O)N3CCCN(C4CCC4)CC3)C2)cc1. The summed E-state index contributed by atoms with van der Waals surface area (Å²) in [4.78, 5) is 18.9. The molecule has 0 unspecified atom stereocenters. The standard InChI is InChI=1S/C21H31N3O2S/c1-27-19-8-6-17(7-9-19)26-18-14-20(22-15-18)21(25)24-11-3-10-23(12-13-24)16-4-2-5-16/h6-9,16,18,20,22H,2-5,10-15H2,1H3/t18-,20+/m1/s1. The fourth-order valence-corrected chi connectivity index (χ4v) is 4.73. The number of benzene rings is 1. The van der Waals surface area contributed by atoms with Crippen LogP contribution in [0.25, 0.3) is 0 Å². The van der Waals surface area contributed by atoms with E-state index in [1.807, 2.05) is 12.1 Å². The Hall–Kier alpha value is -1.24. The molecule has 1 aromatic carbocycles. The Kier molecular flexibility index (Phi) is 6.25. The van der Waals surface area contributed by atoms with Crippen LogP contribution >= 0.6 is 11.8 Å². The van der Waals surface area contributed by atoms with E-state index in [2.05, 4.69) is 33.5 Å². The third-order valence-electron chi connectivity index (χ3n) is 6.18. The van der Waals surface area contributed by atoms with Gasteiger partial charge in [-0.1, -0.05) is 6.42 Å². The van der Waals surface area contributed by atoms with E-state index in [4.69, 9.17) is 4.74 Å². The predicted molar refractivity (Wildman–Crippen MR) is 109 cm³/mol. The average Bonchev–Trinajstić information content (AvgIpc) is 2.98. The van der Waals surface area contributed by atoms with Crippen molar-refractivity contribution in [2.24, 2.45) is 0 Å². The monoisotopic (exact) mass is 389 g/mol. The molecule has 5 nitrogen and oxygen atoms in total. The number of nitrogens with zero attached hydrogens (tertiary/aromatic N) is 2. The minimum atomic E-state index is -0.101. The van der Waals surface area contributed by atoms with Crippen LogP contribution in [0, 0.1) is 0 Å². The molecule has 3 fully saturated rings. The first-order chi connectivity index (χ1) is 13.2. The van der Waals surface area contributed by atoms with Crippen molar-refractivity contribution in [3.8, 4) is 5.75 Å². The van der Waals surface area contributed by atoms with Crippen molar-refractivity contribution in [2.75, 3.05) is 39.0 Å². The second-order valence-electron chi connectivity index (χ2n) is 7.91. The molecule has 0 radical (unpaired) electrons. The van der Waals surface area contributed by atoms with Crippen LogP contribution in [-0.4, -0.2) is 72.9 Å². The molecule has 2 atom stereocenters. The average molecular weight is 390 g/mol. The Bertz CT molecular complexity index is 635. The van der Waals surface area contributed by atoms with Crippen LogP contribution in [0.3, 0.4) is 0 Å². The van der Waals surface area contributed by atoms with Gasteiger partial charge in [0, 0.05) is 50.1 Å². The first-order valence-electron chi connectivity index (χ1n) is 10.3. The molecule has 2 heterocycles. The maximum atomic E-state index is 13.0. The molecule has 1 amide bonds. The largest absolute Gasteiger partial charge is 0.489 e. The van der Waals surface area contributed by atoms with Gasteiger partial charge in [0.2, 0.25) is 5.91 Å². The number of hydrogen-bond donors (Lipinski definition) is 1. The molecule has 148 valence electrons. The van der Waals surface area contributed by atoms with E-state index in [-0.39, 0.29) is 18.1 Å². The lowest BCUT2D eigenvalue weighted by molar-refractivity contribution is -0.133. The Labute approximate surface area is 166 Å². The number of hydrogen-bond acceptors (Lipinski definition) is 5. The summed E-state index contributed by atoms with van der Waals surface area (Å²) in [5.41, 5.74) is 0. The molecule has 27 heavy (non-hydrogen) atoms. The van der Waals surface area contributed by atoms with Gasteiger partial charge in [0.15, 0.2) is 0 Å². The van der Waals surface area contributed by atoms with Gasteiger partial charge in [-0.05, 0) is 49.8 Å². The van der Waals surface area contributed by atoms with Crippen LogP contribution in [0.5, 0.6) is 5.75 Å². The molecule has 2 aliphatic heterocycles. The number of rotatable bonds is 5. The zero-order chi connectivity index (χ0) is 18.6. The van der Waals surface area contributed by atoms with E-state index in [1.54, 1.807) is 11.8 Å². The summed E-state index contributed by atoms with van der Waals surface area (Å²) in [5, 5.41) is 3.39. The van der Waals surface area contributed by atoms with Crippen LogP contribution in [0.2, 0.25) is 0 Å². The van der Waals surface area contributed by atoms with Crippen LogP contribution in [0.1, 0.15) is 32.1 Å². The van der Waals surface area contributed by atoms with Crippen LogP contribution < -0.4 is 10.1 Å². The third kappa shape index (κ3) is 4.61. The molecule has 3 aliphatic rings. The highest BCUT2D eigenvalue weighted by Gasteiger charge is 2.35. The van der Waals surface area contributed by atoms with E-state index in [0.29, 0.717) is 0 Å². The highest BCUT2D eigenvalue weighted by Crippen LogP contribution is 2.26. The smallest absolute Gasteiger partial charge is 0.239 e. The summed E-state index contributed by atoms with van der Waals surface area (Å²) in [7, 11) is 0. The molecule has 1 aromatic rings. The van der Waals surface area contributed by atoms with Crippen molar-refractivity contribution in [3.05, 3.63) is 24.3 Å². The van der Waals surface area contributed by atoms with Gasteiger partial charge in [-0.3, -0.25) is 9.69 Å². The minimum absolute atomic E-state index is 0.0672.